The monoisotopic (exact) mass is 495 g/mol. The number of rotatable bonds is 9. The summed E-state index contributed by atoms with van der Waals surface area (Å²) < 4.78 is 5.11. The van der Waals surface area contributed by atoms with Crippen LogP contribution in [0, 0.1) is 0 Å². The quantitative estimate of drug-likeness (QED) is 0.443. The molecule has 3 aromatic rings. The van der Waals surface area contributed by atoms with Crippen molar-refractivity contribution in [2.45, 2.75) is 58.7 Å². The van der Waals surface area contributed by atoms with Gasteiger partial charge in [-0.3, -0.25) is 14.4 Å². The van der Waals surface area contributed by atoms with Crippen molar-refractivity contribution in [2.75, 3.05) is 6.54 Å². The number of furan rings is 1. The maximum Gasteiger partial charge on any atom is 0.287 e. The molecule has 2 aromatic heterocycles. The second-order valence-electron chi connectivity index (χ2n) is 9.72. The van der Waals surface area contributed by atoms with Gasteiger partial charge in [-0.2, -0.15) is 0 Å². The van der Waals surface area contributed by atoms with Gasteiger partial charge in [0.2, 0.25) is 11.8 Å². The molecule has 3 rings (SSSR count). The second kappa shape index (κ2) is 11.4. The van der Waals surface area contributed by atoms with Gasteiger partial charge in [0, 0.05) is 10.4 Å². The molecule has 2 N–H and O–H groups in total. The fourth-order valence-corrected chi connectivity index (χ4v) is 4.32. The van der Waals surface area contributed by atoms with Crippen molar-refractivity contribution in [3.05, 3.63) is 81.9 Å². The SMILES string of the molecule is CC(C)c1ccc([C@H](C(=O)NC(C)(C)C)N(Cc2cccs2)C(=O)CNC(=O)c2ccco2)cc1. The molecule has 0 aliphatic heterocycles. The third-order valence-corrected chi connectivity index (χ3v) is 6.21. The summed E-state index contributed by atoms with van der Waals surface area (Å²) in [4.78, 5) is 41.9. The van der Waals surface area contributed by atoms with Crippen molar-refractivity contribution in [3.63, 3.8) is 0 Å². The van der Waals surface area contributed by atoms with E-state index in [2.05, 4.69) is 24.5 Å². The molecule has 0 unspecified atom stereocenters. The average Bonchev–Trinajstić information content (AvgIpc) is 3.50. The summed E-state index contributed by atoms with van der Waals surface area (Å²) in [7, 11) is 0. The van der Waals surface area contributed by atoms with E-state index in [4.69, 9.17) is 4.42 Å². The molecular weight excluding hydrogens is 462 g/mol. The van der Waals surface area contributed by atoms with Crippen LogP contribution in [0.15, 0.2) is 64.6 Å². The van der Waals surface area contributed by atoms with E-state index in [0.717, 1.165) is 10.4 Å². The van der Waals surface area contributed by atoms with E-state index < -0.39 is 17.5 Å². The minimum Gasteiger partial charge on any atom is -0.459 e. The lowest BCUT2D eigenvalue weighted by Crippen LogP contribution is -2.50. The summed E-state index contributed by atoms with van der Waals surface area (Å²) in [6.07, 6.45) is 1.40. The van der Waals surface area contributed by atoms with E-state index in [1.54, 1.807) is 6.07 Å². The minimum absolute atomic E-state index is 0.119. The zero-order chi connectivity index (χ0) is 25.6. The molecule has 0 fully saturated rings. The highest BCUT2D eigenvalue weighted by Gasteiger charge is 2.33. The van der Waals surface area contributed by atoms with E-state index in [9.17, 15) is 14.4 Å². The Morgan fingerprint density at radius 1 is 1.00 bits per heavy atom. The molecule has 7 nitrogen and oxygen atoms in total. The predicted molar refractivity (Wildman–Crippen MR) is 137 cm³/mol. The van der Waals surface area contributed by atoms with Gasteiger partial charge in [-0.1, -0.05) is 44.2 Å². The van der Waals surface area contributed by atoms with Crippen molar-refractivity contribution in [2.24, 2.45) is 0 Å². The van der Waals surface area contributed by atoms with E-state index in [1.807, 2.05) is 62.5 Å². The van der Waals surface area contributed by atoms with Gasteiger partial charge in [0.05, 0.1) is 19.4 Å². The zero-order valence-corrected chi connectivity index (χ0v) is 21.6. The fraction of sp³-hybridized carbons (Fsp3) is 0.370. The third kappa shape index (κ3) is 7.29. The Kier molecular flexibility index (Phi) is 8.51. The molecule has 0 radical (unpaired) electrons. The largest absolute Gasteiger partial charge is 0.459 e. The van der Waals surface area contributed by atoms with Crippen LogP contribution in [0.4, 0.5) is 0 Å². The van der Waals surface area contributed by atoms with Crippen LogP contribution < -0.4 is 10.6 Å². The van der Waals surface area contributed by atoms with Crippen molar-refractivity contribution in [3.8, 4) is 0 Å². The maximum absolute atomic E-state index is 13.6. The second-order valence-corrected chi connectivity index (χ2v) is 10.8. The Balaban J connectivity index is 1.94. The van der Waals surface area contributed by atoms with E-state index in [1.165, 1.54) is 28.6 Å². The highest BCUT2D eigenvalue weighted by Crippen LogP contribution is 2.27. The molecule has 186 valence electrons. The van der Waals surface area contributed by atoms with Gasteiger partial charge in [0.15, 0.2) is 5.76 Å². The number of hydrogen-bond acceptors (Lipinski definition) is 5. The standard InChI is InChI=1S/C27H33N3O4S/c1-18(2)19-10-12-20(13-11-19)24(26(33)29-27(3,4)5)30(17-21-8-7-15-35-21)23(31)16-28-25(32)22-9-6-14-34-22/h6-15,18,24H,16-17H2,1-5H3,(H,28,32)(H,29,33)/t24-/m1/s1. The van der Waals surface area contributed by atoms with Crippen molar-refractivity contribution >= 4 is 29.1 Å². The summed E-state index contributed by atoms with van der Waals surface area (Å²) in [5, 5.41) is 7.56. The number of hydrogen-bond donors (Lipinski definition) is 2. The minimum atomic E-state index is -0.870. The van der Waals surface area contributed by atoms with Crippen LogP contribution in [-0.4, -0.2) is 34.7 Å². The lowest BCUT2D eigenvalue weighted by atomic mass is 9.97. The molecule has 0 saturated heterocycles. The maximum atomic E-state index is 13.6. The Morgan fingerprint density at radius 2 is 1.69 bits per heavy atom. The summed E-state index contributed by atoms with van der Waals surface area (Å²) in [6, 6.07) is 13.9. The van der Waals surface area contributed by atoms with Crippen molar-refractivity contribution < 1.29 is 18.8 Å². The van der Waals surface area contributed by atoms with E-state index in [0.29, 0.717) is 11.5 Å². The first-order chi connectivity index (χ1) is 16.5. The van der Waals surface area contributed by atoms with Gasteiger partial charge in [0.25, 0.3) is 5.91 Å². The van der Waals surface area contributed by atoms with Gasteiger partial charge < -0.3 is 20.0 Å². The summed E-state index contributed by atoms with van der Waals surface area (Å²) in [6.45, 7) is 9.88. The van der Waals surface area contributed by atoms with Crippen molar-refractivity contribution in [1.82, 2.24) is 15.5 Å². The van der Waals surface area contributed by atoms with Crippen LogP contribution in [0.1, 0.15) is 73.1 Å². The highest BCUT2D eigenvalue weighted by atomic mass is 32.1. The fourth-order valence-electron chi connectivity index (χ4n) is 3.62. The molecule has 1 aromatic carbocycles. The Morgan fingerprint density at radius 3 is 2.23 bits per heavy atom. The van der Waals surface area contributed by atoms with Crippen molar-refractivity contribution in [1.29, 1.82) is 0 Å². The van der Waals surface area contributed by atoms with E-state index >= 15 is 0 Å². The van der Waals surface area contributed by atoms with Gasteiger partial charge in [0.1, 0.15) is 6.04 Å². The number of nitrogens with one attached hydrogen (secondary N) is 2. The molecule has 0 aliphatic rings. The molecule has 35 heavy (non-hydrogen) atoms. The van der Waals surface area contributed by atoms with Gasteiger partial charge in [-0.25, -0.2) is 0 Å². The summed E-state index contributed by atoms with van der Waals surface area (Å²) in [5.41, 5.74) is 1.36. The molecular formula is C27H33N3O4S. The first kappa shape index (κ1) is 26.2. The Bertz CT molecular complexity index is 1110. The zero-order valence-electron chi connectivity index (χ0n) is 20.8. The molecule has 0 bridgehead atoms. The smallest absolute Gasteiger partial charge is 0.287 e. The Hall–Kier alpha value is -3.39. The first-order valence-electron chi connectivity index (χ1n) is 11.6. The summed E-state index contributed by atoms with van der Waals surface area (Å²) >= 11 is 1.51. The topological polar surface area (TPSA) is 91.7 Å². The van der Waals surface area contributed by atoms with E-state index in [-0.39, 0.29) is 30.7 Å². The van der Waals surface area contributed by atoms with Crippen LogP contribution in [0.5, 0.6) is 0 Å². The molecule has 0 spiro atoms. The number of carbonyl (C=O) groups excluding carboxylic acids is 3. The number of thiophene rings is 1. The molecule has 0 saturated carbocycles. The van der Waals surface area contributed by atoms with Crippen LogP contribution in [0.3, 0.4) is 0 Å². The molecule has 3 amide bonds. The van der Waals surface area contributed by atoms with Gasteiger partial charge in [-0.05, 0) is 61.4 Å². The van der Waals surface area contributed by atoms with Gasteiger partial charge >= 0.3 is 0 Å². The summed E-state index contributed by atoms with van der Waals surface area (Å²) in [5.74, 6) is -0.686. The number of carbonyl (C=O) groups is 3. The molecule has 2 heterocycles. The van der Waals surface area contributed by atoms with Crippen LogP contribution >= 0.6 is 11.3 Å². The number of nitrogens with zero attached hydrogens (tertiary/aromatic N) is 1. The van der Waals surface area contributed by atoms with Gasteiger partial charge in [-0.15, -0.1) is 11.3 Å². The van der Waals surface area contributed by atoms with Crippen LogP contribution in [0.25, 0.3) is 0 Å². The predicted octanol–water partition coefficient (Wildman–Crippen LogP) is 4.88. The number of amides is 3. The highest BCUT2D eigenvalue weighted by molar-refractivity contribution is 7.09. The average molecular weight is 496 g/mol. The van der Waals surface area contributed by atoms with Crippen LogP contribution in [0.2, 0.25) is 0 Å². The van der Waals surface area contributed by atoms with Crippen LogP contribution in [-0.2, 0) is 16.1 Å². The lowest BCUT2D eigenvalue weighted by Gasteiger charge is -2.33. The molecule has 0 aliphatic carbocycles. The number of benzene rings is 1. The lowest BCUT2D eigenvalue weighted by molar-refractivity contribution is -0.141. The first-order valence-corrected chi connectivity index (χ1v) is 12.5. The molecule has 8 heteroatoms. The third-order valence-electron chi connectivity index (χ3n) is 5.35. The molecule has 1 atom stereocenters. The normalized spacial score (nSPS) is 12.3. The Labute approximate surface area is 210 Å².